The van der Waals surface area contributed by atoms with Gasteiger partial charge in [0.2, 0.25) is 0 Å². The fourth-order valence-electron chi connectivity index (χ4n) is 1.80. The summed E-state index contributed by atoms with van der Waals surface area (Å²) in [5.74, 6) is 0. The molecule has 3 heteroatoms. The number of halogens is 1. The van der Waals surface area contributed by atoms with Gasteiger partial charge < -0.3 is 5.32 Å². The monoisotopic (exact) mass is 321 g/mol. The molecule has 18 heavy (non-hydrogen) atoms. The number of likely N-dealkylation sites (N-methyl/N-ethyl adjacent to an activating group) is 1. The quantitative estimate of drug-likeness (QED) is 0.852. The SMILES string of the molecule is CNCC(C)=Cc1ccc(-c2cccc(Br)c2)s1. The van der Waals surface area contributed by atoms with Crippen molar-refractivity contribution >= 4 is 33.3 Å². The zero-order valence-electron chi connectivity index (χ0n) is 10.5. The van der Waals surface area contributed by atoms with Crippen molar-refractivity contribution in [3.63, 3.8) is 0 Å². The molecule has 0 aliphatic heterocycles. The minimum Gasteiger partial charge on any atom is -0.316 e. The maximum Gasteiger partial charge on any atom is 0.0349 e. The number of benzene rings is 1. The van der Waals surface area contributed by atoms with Gasteiger partial charge in [-0.1, -0.05) is 33.6 Å². The number of hydrogen-bond acceptors (Lipinski definition) is 2. The van der Waals surface area contributed by atoms with Crippen LogP contribution >= 0.6 is 27.3 Å². The molecule has 0 atom stereocenters. The summed E-state index contributed by atoms with van der Waals surface area (Å²) in [6.07, 6.45) is 2.24. The molecule has 1 nitrogen and oxygen atoms in total. The molecule has 0 bridgehead atoms. The van der Waals surface area contributed by atoms with Gasteiger partial charge in [0.25, 0.3) is 0 Å². The van der Waals surface area contributed by atoms with Crippen LogP contribution in [0.5, 0.6) is 0 Å². The van der Waals surface area contributed by atoms with Crippen LogP contribution in [0.3, 0.4) is 0 Å². The van der Waals surface area contributed by atoms with Gasteiger partial charge in [-0.2, -0.15) is 0 Å². The zero-order chi connectivity index (χ0) is 13.0. The average molecular weight is 322 g/mol. The van der Waals surface area contributed by atoms with Crippen LogP contribution < -0.4 is 5.32 Å². The van der Waals surface area contributed by atoms with Gasteiger partial charge in [0.05, 0.1) is 0 Å². The van der Waals surface area contributed by atoms with Crippen molar-refractivity contribution in [3.05, 3.63) is 51.3 Å². The highest BCUT2D eigenvalue weighted by Gasteiger charge is 2.02. The first-order valence-corrected chi connectivity index (χ1v) is 7.47. The van der Waals surface area contributed by atoms with Crippen LogP contribution in [-0.4, -0.2) is 13.6 Å². The predicted molar refractivity (Wildman–Crippen MR) is 85.0 cm³/mol. The Balaban J connectivity index is 2.23. The number of thiophene rings is 1. The van der Waals surface area contributed by atoms with Crippen molar-refractivity contribution in [1.29, 1.82) is 0 Å². The second kappa shape index (κ2) is 6.32. The second-order valence-corrected chi connectivity index (χ2v) is 6.26. The van der Waals surface area contributed by atoms with E-state index in [1.54, 1.807) is 0 Å². The summed E-state index contributed by atoms with van der Waals surface area (Å²) in [5, 5.41) is 3.16. The molecular formula is C15H16BrNS. The molecule has 0 saturated carbocycles. The van der Waals surface area contributed by atoms with E-state index in [2.05, 4.69) is 70.6 Å². The average Bonchev–Trinajstić information content (AvgIpc) is 2.78. The van der Waals surface area contributed by atoms with E-state index < -0.39 is 0 Å². The zero-order valence-corrected chi connectivity index (χ0v) is 12.9. The Labute approximate surface area is 121 Å². The highest BCUT2D eigenvalue weighted by molar-refractivity contribution is 9.10. The molecular weight excluding hydrogens is 306 g/mol. The van der Waals surface area contributed by atoms with Crippen LogP contribution in [0.4, 0.5) is 0 Å². The molecule has 0 spiro atoms. The van der Waals surface area contributed by atoms with Gasteiger partial charge in [-0.05, 0) is 49.9 Å². The predicted octanol–water partition coefficient (Wildman–Crippen LogP) is 4.80. The Morgan fingerprint density at radius 1 is 1.33 bits per heavy atom. The number of nitrogens with one attached hydrogen (secondary N) is 1. The lowest BCUT2D eigenvalue weighted by Gasteiger charge is -1.98. The van der Waals surface area contributed by atoms with Crippen LogP contribution in [0.2, 0.25) is 0 Å². The van der Waals surface area contributed by atoms with Crippen molar-refractivity contribution in [2.24, 2.45) is 0 Å². The summed E-state index contributed by atoms with van der Waals surface area (Å²) in [7, 11) is 1.97. The van der Waals surface area contributed by atoms with Crippen molar-refractivity contribution in [2.75, 3.05) is 13.6 Å². The fourth-order valence-corrected chi connectivity index (χ4v) is 3.23. The van der Waals surface area contributed by atoms with Crippen molar-refractivity contribution in [2.45, 2.75) is 6.92 Å². The van der Waals surface area contributed by atoms with Gasteiger partial charge in [0.1, 0.15) is 0 Å². The lowest BCUT2D eigenvalue weighted by atomic mass is 10.2. The minimum absolute atomic E-state index is 0.935. The Hall–Kier alpha value is -0.900. The lowest BCUT2D eigenvalue weighted by Crippen LogP contribution is -2.08. The van der Waals surface area contributed by atoms with Crippen LogP contribution in [-0.2, 0) is 0 Å². The number of rotatable bonds is 4. The second-order valence-electron chi connectivity index (χ2n) is 4.23. The van der Waals surface area contributed by atoms with E-state index in [1.165, 1.54) is 20.9 Å². The van der Waals surface area contributed by atoms with Crippen molar-refractivity contribution < 1.29 is 0 Å². The van der Waals surface area contributed by atoms with Gasteiger partial charge in [0, 0.05) is 20.8 Å². The summed E-state index contributed by atoms with van der Waals surface area (Å²) in [6.45, 7) is 3.08. The van der Waals surface area contributed by atoms with Crippen molar-refractivity contribution in [1.82, 2.24) is 5.32 Å². The molecule has 1 heterocycles. The third-order valence-corrected chi connectivity index (χ3v) is 4.15. The molecule has 1 aromatic carbocycles. The van der Waals surface area contributed by atoms with E-state index in [-0.39, 0.29) is 0 Å². The maximum atomic E-state index is 3.51. The third kappa shape index (κ3) is 3.55. The molecule has 94 valence electrons. The Morgan fingerprint density at radius 3 is 2.89 bits per heavy atom. The van der Waals surface area contributed by atoms with Crippen LogP contribution in [0, 0.1) is 0 Å². The largest absolute Gasteiger partial charge is 0.316 e. The van der Waals surface area contributed by atoms with Crippen LogP contribution in [0.25, 0.3) is 16.5 Å². The van der Waals surface area contributed by atoms with E-state index in [0.29, 0.717) is 0 Å². The molecule has 0 saturated heterocycles. The lowest BCUT2D eigenvalue weighted by molar-refractivity contribution is 0.885. The Kier molecular flexibility index (Phi) is 4.75. The summed E-state index contributed by atoms with van der Waals surface area (Å²) in [6, 6.07) is 12.8. The third-order valence-electron chi connectivity index (χ3n) is 2.58. The summed E-state index contributed by atoms with van der Waals surface area (Å²) in [5.41, 5.74) is 2.61. The molecule has 0 radical (unpaired) electrons. The van der Waals surface area contributed by atoms with Gasteiger partial charge in [-0.15, -0.1) is 11.3 Å². The highest BCUT2D eigenvalue weighted by Crippen LogP contribution is 2.30. The molecule has 0 aliphatic rings. The van der Waals surface area contributed by atoms with Crippen LogP contribution in [0.1, 0.15) is 11.8 Å². The van der Waals surface area contributed by atoms with Gasteiger partial charge in [-0.3, -0.25) is 0 Å². The fraction of sp³-hybridized carbons (Fsp3) is 0.200. The first kappa shape index (κ1) is 13.5. The van der Waals surface area contributed by atoms with E-state index in [1.807, 2.05) is 18.4 Å². The molecule has 2 aromatic rings. The van der Waals surface area contributed by atoms with Crippen molar-refractivity contribution in [3.8, 4) is 10.4 Å². The first-order valence-electron chi connectivity index (χ1n) is 5.86. The van der Waals surface area contributed by atoms with E-state index in [0.717, 1.165) is 11.0 Å². The van der Waals surface area contributed by atoms with Gasteiger partial charge >= 0.3 is 0 Å². The smallest absolute Gasteiger partial charge is 0.0349 e. The molecule has 0 aliphatic carbocycles. The molecule has 1 aromatic heterocycles. The first-order chi connectivity index (χ1) is 8.69. The molecule has 0 fully saturated rings. The van der Waals surface area contributed by atoms with E-state index in [4.69, 9.17) is 0 Å². The van der Waals surface area contributed by atoms with Crippen LogP contribution in [0.15, 0.2) is 46.4 Å². The minimum atomic E-state index is 0.935. The van der Waals surface area contributed by atoms with E-state index >= 15 is 0 Å². The maximum absolute atomic E-state index is 3.51. The molecule has 0 unspecified atom stereocenters. The van der Waals surface area contributed by atoms with E-state index in [9.17, 15) is 0 Å². The topological polar surface area (TPSA) is 12.0 Å². The standard InChI is InChI=1S/C15H16BrNS/c1-11(10-17-2)8-14-6-7-15(18-14)12-4-3-5-13(16)9-12/h3-9,17H,10H2,1-2H3. The van der Waals surface area contributed by atoms with Gasteiger partial charge in [0.15, 0.2) is 0 Å². The Morgan fingerprint density at radius 2 is 2.17 bits per heavy atom. The Bertz CT molecular complexity index is 557. The highest BCUT2D eigenvalue weighted by atomic mass is 79.9. The summed E-state index contributed by atoms with van der Waals surface area (Å²) in [4.78, 5) is 2.61. The number of hydrogen-bond donors (Lipinski definition) is 1. The normalized spacial score (nSPS) is 11.8. The molecule has 1 N–H and O–H groups in total. The summed E-state index contributed by atoms with van der Waals surface area (Å²) < 4.78 is 1.12. The molecule has 2 rings (SSSR count). The molecule has 0 amide bonds. The van der Waals surface area contributed by atoms with Gasteiger partial charge in [-0.25, -0.2) is 0 Å². The summed E-state index contributed by atoms with van der Waals surface area (Å²) >= 11 is 5.34.